The van der Waals surface area contributed by atoms with E-state index in [0.717, 1.165) is 51.0 Å². The first kappa shape index (κ1) is 20.1. The molecule has 3 rings (SSSR count). The monoisotopic (exact) mass is 365 g/mol. The second-order valence-electron chi connectivity index (χ2n) is 9.25. The van der Waals surface area contributed by atoms with Crippen molar-refractivity contribution in [1.82, 2.24) is 10.2 Å². The fourth-order valence-electron chi connectivity index (χ4n) is 5.19. The Balaban J connectivity index is 1.55. The van der Waals surface area contributed by atoms with E-state index in [1.807, 2.05) is 0 Å². The molecule has 1 saturated heterocycles. The minimum Gasteiger partial charge on any atom is -0.390 e. The van der Waals surface area contributed by atoms with Gasteiger partial charge in [-0.25, -0.2) is 0 Å². The molecule has 0 unspecified atom stereocenters. The molecule has 0 aromatic carbocycles. The van der Waals surface area contributed by atoms with Crippen molar-refractivity contribution in [2.24, 2.45) is 11.7 Å². The number of carbonyl (C=O) groups is 1. The van der Waals surface area contributed by atoms with Gasteiger partial charge < -0.3 is 16.2 Å². The van der Waals surface area contributed by atoms with Gasteiger partial charge in [0.2, 0.25) is 5.91 Å². The van der Waals surface area contributed by atoms with Crippen LogP contribution in [0.3, 0.4) is 0 Å². The number of likely N-dealkylation sites (tertiary alicyclic amines) is 1. The van der Waals surface area contributed by atoms with Gasteiger partial charge in [0.1, 0.15) is 0 Å². The van der Waals surface area contributed by atoms with Gasteiger partial charge in [-0.1, -0.05) is 38.5 Å². The number of aliphatic hydroxyl groups excluding tert-OH is 1. The highest BCUT2D eigenvalue weighted by Gasteiger charge is 2.38. The number of nitrogens with one attached hydrogen (secondary N) is 1. The molecule has 5 heteroatoms. The zero-order valence-corrected chi connectivity index (χ0v) is 16.6. The topological polar surface area (TPSA) is 78.6 Å². The minimum atomic E-state index is -0.725. The van der Waals surface area contributed by atoms with Crippen molar-refractivity contribution in [2.45, 2.75) is 108 Å². The van der Waals surface area contributed by atoms with Crippen LogP contribution in [0.4, 0.5) is 0 Å². The second-order valence-corrected chi connectivity index (χ2v) is 9.25. The normalized spacial score (nSPS) is 34.2. The Hall–Kier alpha value is -0.650. The van der Waals surface area contributed by atoms with Crippen LogP contribution in [0.25, 0.3) is 0 Å². The Morgan fingerprint density at radius 3 is 2.42 bits per heavy atom. The summed E-state index contributed by atoms with van der Waals surface area (Å²) in [6, 6.07) is 0.304. The summed E-state index contributed by atoms with van der Waals surface area (Å²) in [7, 11) is 0. The lowest BCUT2D eigenvalue weighted by atomic mass is 9.81. The van der Waals surface area contributed by atoms with Gasteiger partial charge in [0.05, 0.1) is 17.7 Å². The lowest BCUT2D eigenvalue weighted by Crippen LogP contribution is -2.59. The van der Waals surface area contributed by atoms with Crippen molar-refractivity contribution >= 4 is 5.91 Å². The van der Waals surface area contributed by atoms with Crippen LogP contribution in [-0.2, 0) is 4.79 Å². The molecular weight excluding hydrogens is 326 g/mol. The standard InChI is InChI=1S/C21H39N3O2/c1-16-10-11-18(23-20(26)21(22)12-6-3-7-13-21)19(25)15-24(16)14-17-8-4-2-5-9-17/h16-19,25H,2-15,22H2,1H3,(H,23,26)/t16-,18+,19+/m1/s1. The third-order valence-corrected chi connectivity index (χ3v) is 7.14. The summed E-state index contributed by atoms with van der Waals surface area (Å²) < 4.78 is 0. The maximum absolute atomic E-state index is 12.8. The van der Waals surface area contributed by atoms with E-state index in [-0.39, 0.29) is 11.9 Å². The maximum Gasteiger partial charge on any atom is 0.240 e. The molecule has 3 aliphatic rings. The van der Waals surface area contributed by atoms with Crippen molar-refractivity contribution in [3.8, 4) is 0 Å². The number of hydrogen-bond donors (Lipinski definition) is 3. The molecule has 0 bridgehead atoms. The fraction of sp³-hybridized carbons (Fsp3) is 0.952. The first-order chi connectivity index (χ1) is 12.5. The SMILES string of the molecule is C[C@@H]1CC[C@H](NC(=O)C2(N)CCCCC2)[C@@H](O)CN1CC1CCCCC1. The number of hydrogen-bond acceptors (Lipinski definition) is 4. The molecule has 4 N–H and O–H groups in total. The Bertz CT molecular complexity index is 458. The van der Waals surface area contributed by atoms with Gasteiger partial charge in [-0.3, -0.25) is 9.69 Å². The van der Waals surface area contributed by atoms with Crippen LogP contribution in [0, 0.1) is 5.92 Å². The Labute approximate surface area is 159 Å². The summed E-state index contributed by atoms with van der Waals surface area (Å²) in [5.74, 6) is 0.730. The molecule has 150 valence electrons. The Kier molecular flexibility index (Phi) is 6.98. The van der Waals surface area contributed by atoms with Crippen LogP contribution >= 0.6 is 0 Å². The minimum absolute atomic E-state index is 0.0466. The van der Waals surface area contributed by atoms with Crippen LogP contribution in [0.2, 0.25) is 0 Å². The Morgan fingerprint density at radius 2 is 1.73 bits per heavy atom. The molecule has 3 atom stereocenters. The summed E-state index contributed by atoms with van der Waals surface area (Å²) in [4.78, 5) is 15.2. The van der Waals surface area contributed by atoms with E-state index in [1.165, 1.54) is 38.5 Å². The molecule has 0 aromatic heterocycles. The van der Waals surface area contributed by atoms with Crippen molar-refractivity contribution in [2.75, 3.05) is 13.1 Å². The van der Waals surface area contributed by atoms with Crippen molar-refractivity contribution in [3.05, 3.63) is 0 Å². The van der Waals surface area contributed by atoms with Crippen LogP contribution in [0.1, 0.15) is 84.0 Å². The lowest BCUT2D eigenvalue weighted by Gasteiger charge is -2.35. The molecule has 1 aliphatic heterocycles. The number of nitrogens with zero attached hydrogens (tertiary/aromatic N) is 1. The molecule has 2 saturated carbocycles. The van der Waals surface area contributed by atoms with Gasteiger partial charge in [-0.05, 0) is 51.4 Å². The summed E-state index contributed by atoms with van der Waals surface area (Å²) >= 11 is 0. The average molecular weight is 366 g/mol. The highest BCUT2D eigenvalue weighted by atomic mass is 16.3. The molecule has 2 aliphatic carbocycles. The number of aliphatic hydroxyl groups is 1. The van der Waals surface area contributed by atoms with Crippen LogP contribution in [0.5, 0.6) is 0 Å². The molecule has 5 nitrogen and oxygen atoms in total. The van der Waals surface area contributed by atoms with Crippen LogP contribution in [-0.4, -0.2) is 52.7 Å². The number of carbonyl (C=O) groups excluding carboxylic acids is 1. The molecule has 0 aromatic rings. The maximum atomic E-state index is 12.8. The third-order valence-electron chi connectivity index (χ3n) is 7.14. The second kappa shape index (κ2) is 9.03. The number of amides is 1. The van der Waals surface area contributed by atoms with Gasteiger partial charge in [-0.2, -0.15) is 0 Å². The first-order valence-electron chi connectivity index (χ1n) is 11.0. The number of β-amino-alcohol motifs (C(OH)–C–C–N with tert-alkyl or cyclic N) is 1. The van der Waals surface area contributed by atoms with Crippen molar-refractivity contribution in [1.29, 1.82) is 0 Å². The predicted octanol–water partition coefficient (Wildman–Crippen LogP) is 2.56. The van der Waals surface area contributed by atoms with Crippen LogP contribution in [0.15, 0.2) is 0 Å². The van der Waals surface area contributed by atoms with Gasteiger partial charge in [0.25, 0.3) is 0 Å². The zero-order chi connectivity index (χ0) is 18.6. The van der Waals surface area contributed by atoms with E-state index in [0.29, 0.717) is 12.6 Å². The molecule has 26 heavy (non-hydrogen) atoms. The summed E-state index contributed by atoms with van der Waals surface area (Å²) in [5, 5.41) is 13.9. The van der Waals surface area contributed by atoms with E-state index >= 15 is 0 Å². The fourth-order valence-corrected chi connectivity index (χ4v) is 5.19. The number of nitrogens with two attached hydrogens (primary N) is 1. The van der Waals surface area contributed by atoms with Crippen LogP contribution < -0.4 is 11.1 Å². The smallest absolute Gasteiger partial charge is 0.240 e. The van der Waals surface area contributed by atoms with E-state index in [9.17, 15) is 9.90 Å². The van der Waals surface area contributed by atoms with Crippen molar-refractivity contribution in [3.63, 3.8) is 0 Å². The van der Waals surface area contributed by atoms with Gasteiger partial charge in [0.15, 0.2) is 0 Å². The average Bonchev–Trinajstić information content (AvgIpc) is 2.77. The van der Waals surface area contributed by atoms with E-state index in [2.05, 4.69) is 17.1 Å². The lowest BCUT2D eigenvalue weighted by molar-refractivity contribution is -0.129. The Morgan fingerprint density at radius 1 is 1.08 bits per heavy atom. The summed E-state index contributed by atoms with van der Waals surface area (Å²) in [5.41, 5.74) is 5.65. The molecule has 0 radical (unpaired) electrons. The highest BCUT2D eigenvalue weighted by Crippen LogP contribution is 2.29. The molecular formula is C21H39N3O2. The van der Waals surface area contributed by atoms with Crippen molar-refractivity contribution < 1.29 is 9.90 Å². The first-order valence-corrected chi connectivity index (χ1v) is 11.0. The van der Waals surface area contributed by atoms with Gasteiger partial charge in [-0.15, -0.1) is 0 Å². The molecule has 1 amide bonds. The predicted molar refractivity (Wildman–Crippen MR) is 105 cm³/mol. The van der Waals surface area contributed by atoms with E-state index < -0.39 is 11.6 Å². The third kappa shape index (κ3) is 4.99. The molecule has 3 fully saturated rings. The summed E-state index contributed by atoms with van der Waals surface area (Å²) in [6.07, 6.45) is 12.9. The largest absolute Gasteiger partial charge is 0.390 e. The van der Waals surface area contributed by atoms with Gasteiger partial charge >= 0.3 is 0 Å². The van der Waals surface area contributed by atoms with E-state index in [4.69, 9.17) is 5.73 Å². The number of rotatable bonds is 4. The molecule has 0 spiro atoms. The quantitative estimate of drug-likeness (QED) is 0.715. The van der Waals surface area contributed by atoms with Gasteiger partial charge in [0, 0.05) is 19.1 Å². The zero-order valence-electron chi connectivity index (χ0n) is 16.6. The van der Waals surface area contributed by atoms with E-state index in [1.54, 1.807) is 0 Å². The molecule has 1 heterocycles. The summed E-state index contributed by atoms with van der Waals surface area (Å²) in [6.45, 7) is 4.03. The highest BCUT2D eigenvalue weighted by molar-refractivity contribution is 5.86.